The Bertz CT molecular complexity index is 178. The van der Waals surface area contributed by atoms with Gasteiger partial charge in [-0.1, -0.05) is 0 Å². The highest BCUT2D eigenvalue weighted by Crippen LogP contribution is 2.06. The zero-order chi connectivity index (χ0) is 11.3. The molecule has 1 aliphatic rings. The Labute approximate surface area is 98.3 Å². The summed E-state index contributed by atoms with van der Waals surface area (Å²) < 4.78 is 5.71. The van der Waals surface area contributed by atoms with Gasteiger partial charge in [0, 0.05) is 25.0 Å². The van der Waals surface area contributed by atoms with Gasteiger partial charge in [-0.3, -0.25) is 0 Å². The number of alkyl halides is 1. The van der Waals surface area contributed by atoms with Crippen LogP contribution in [0, 0.1) is 0 Å². The molecule has 1 rings (SSSR count). The van der Waals surface area contributed by atoms with Crippen molar-refractivity contribution < 1.29 is 4.74 Å². The van der Waals surface area contributed by atoms with Crippen LogP contribution in [-0.4, -0.2) is 68.2 Å². The molecular formula is C11H23ClN2O. The van der Waals surface area contributed by atoms with Gasteiger partial charge >= 0.3 is 0 Å². The molecule has 0 bridgehead atoms. The van der Waals surface area contributed by atoms with Gasteiger partial charge in [-0.05, 0) is 34.0 Å². The van der Waals surface area contributed by atoms with Crippen molar-refractivity contribution in [3.8, 4) is 0 Å². The van der Waals surface area contributed by atoms with E-state index in [9.17, 15) is 0 Å². The van der Waals surface area contributed by atoms with Crippen LogP contribution in [-0.2, 0) is 4.74 Å². The van der Waals surface area contributed by atoms with Crippen molar-refractivity contribution in [1.82, 2.24) is 9.80 Å². The van der Waals surface area contributed by atoms with Crippen LogP contribution in [0.2, 0.25) is 0 Å². The first-order valence-electron chi connectivity index (χ1n) is 5.70. The molecular weight excluding hydrogens is 212 g/mol. The average Bonchev–Trinajstić information content (AvgIpc) is 2.15. The standard InChI is InChI=1S/C11H23ClN2O/c1-10(12)4-5-13(2)8-11-9-14(3)6-7-15-11/h10-11H,4-9H2,1-3H3. The van der Waals surface area contributed by atoms with Crippen LogP contribution in [0.4, 0.5) is 0 Å². The van der Waals surface area contributed by atoms with E-state index in [0.717, 1.165) is 39.2 Å². The number of likely N-dealkylation sites (N-methyl/N-ethyl adjacent to an activating group) is 2. The molecule has 2 atom stereocenters. The van der Waals surface area contributed by atoms with E-state index in [0.29, 0.717) is 6.10 Å². The molecule has 0 N–H and O–H groups in total. The van der Waals surface area contributed by atoms with Gasteiger partial charge in [0.1, 0.15) is 0 Å². The zero-order valence-corrected chi connectivity index (χ0v) is 10.8. The topological polar surface area (TPSA) is 15.7 Å². The zero-order valence-electron chi connectivity index (χ0n) is 10.1. The van der Waals surface area contributed by atoms with Gasteiger partial charge in [-0.25, -0.2) is 0 Å². The van der Waals surface area contributed by atoms with E-state index in [2.05, 4.69) is 23.9 Å². The lowest BCUT2D eigenvalue weighted by Crippen LogP contribution is -2.45. The lowest BCUT2D eigenvalue weighted by molar-refractivity contribution is -0.0325. The average molecular weight is 235 g/mol. The first-order chi connectivity index (χ1) is 7.08. The first-order valence-corrected chi connectivity index (χ1v) is 6.14. The quantitative estimate of drug-likeness (QED) is 0.667. The maximum absolute atomic E-state index is 5.92. The molecule has 0 saturated carbocycles. The van der Waals surface area contributed by atoms with Gasteiger partial charge in [-0.2, -0.15) is 0 Å². The Morgan fingerprint density at radius 1 is 1.60 bits per heavy atom. The summed E-state index contributed by atoms with van der Waals surface area (Å²) in [7, 11) is 4.29. The predicted molar refractivity (Wildman–Crippen MR) is 64.7 cm³/mol. The minimum atomic E-state index is 0.266. The molecule has 0 aromatic carbocycles. The number of hydrogen-bond donors (Lipinski definition) is 0. The molecule has 0 aliphatic carbocycles. The van der Waals surface area contributed by atoms with Crippen LogP contribution in [0.25, 0.3) is 0 Å². The maximum Gasteiger partial charge on any atom is 0.0829 e. The number of nitrogens with zero attached hydrogens (tertiary/aromatic N) is 2. The Hall–Kier alpha value is 0.170. The molecule has 0 radical (unpaired) electrons. The summed E-state index contributed by atoms with van der Waals surface area (Å²) in [5.74, 6) is 0. The van der Waals surface area contributed by atoms with Gasteiger partial charge in [0.25, 0.3) is 0 Å². The minimum Gasteiger partial charge on any atom is -0.374 e. The highest BCUT2D eigenvalue weighted by atomic mass is 35.5. The minimum absolute atomic E-state index is 0.266. The fourth-order valence-electron chi connectivity index (χ4n) is 1.81. The van der Waals surface area contributed by atoms with Crippen molar-refractivity contribution in [2.45, 2.75) is 24.8 Å². The Morgan fingerprint density at radius 3 is 2.93 bits per heavy atom. The Balaban J connectivity index is 2.16. The summed E-state index contributed by atoms with van der Waals surface area (Å²) in [6.45, 7) is 7.06. The third-order valence-corrected chi connectivity index (χ3v) is 2.98. The third-order valence-electron chi connectivity index (χ3n) is 2.77. The van der Waals surface area contributed by atoms with Crippen molar-refractivity contribution in [2.75, 3.05) is 46.9 Å². The monoisotopic (exact) mass is 234 g/mol. The summed E-state index contributed by atoms with van der Waals surface area (Å²) in [5.41, 5.74) is 0. The molecule has 1 aliphatic heterocycles. The van der Waals surface area contributed by atoms with Gasteiger partial charge < -0.3 is 14.5 Å². The van der Waals surface area contributed by atoms with E-state index in [1.54, 1.807) is 0 Å². The molecule has 0 aromatic heterocycles. The lowest BCUT2D eigenvalue weighted by atomic mass is 10.2. The number of hydrogen-bond acceptors (Lipinski definition) is 3. The van der Waals surface area contributed by atoms with Crippen LogP contribution in [0.1, 0.15) is 13.3 Å². The predicted octanol–water partition coefficient (Wildman–Crippen LogP) is 1.27. The molecule has 0 spiro atoms. The second kappa shape index (κ2) is 6.69. The van der Waals surface area contributed by atoms with Crippen molar-refractivity contribution in [1.29, 1.82) is 0 Å². The van der Waals surface area contributed by atoms with E-state index in [1.165, 1.54) is 0 Å². The molecule has 3 nitrogen and oxygen atoms in total. The summed E-state index contributed by atoms with van der Waals surface area (Å²) in [5, 5.41) is 0.266. The number of morpholine rings is 1. The Morgan fingerprint density at radius 2 is 2.33 bits per heavy atom. The molecule has 1 fully saturated rings. The van der Waals surface area contributed by atoms with E-state index < -0.39 is 0 Å². The summed E-state index contributed by atoms with van der Waals surface area (Å²) in [6, 6.07) is 0. The van der Waals surface area contributed by atoms with Crippen molar-refractivity contribution in [2.24, 2.45) is 0 Å². The van der Waals surface area contributed by atoms with Crippen LogP contribution < -0.4 is 0 Å². The molecule has 1 heterocycles. The molecule has 1 saturated heterocycles. The van der Waals surface area contributed by atoms with Crippen molar-refractivity contribution >= 4 is 11.6 Å². The van der Waals surface area contributed by atoms with E-state index in [-0.39, 0.29) is 5.38 Å². The number of halogens is 1. The van der Waals surface area contributed by atoms with Crippen LogP contribution >= 0.6 is 11.6 Å². The van der Waals surface area contributed by atoms with Crippen molar-refractivity contribution in [3.63, 3.8) is 0 Å². The molecule has 0 amide bonds. The highest BCUT2D eigenvalue weighted by molar-refractivity contribution is 6.20. The van der Waals surface area contributed by atoms with Gasteiger partial charge in [-0.15, -0.1) is 11.6 Å². The summed E-state index contributed by atoms with van der Waals surface area (Å²) in [6.07, 6.45) is 1.40. The fourth-order valence-corrected chi connectivity index (χ4v) is 1.91. The second-order valence-corrected chi connectivity index (χ2v) is 5.33. The molecule has 2 unspecified atom stereocenters. The maximum atomic E-state index is 5.92. The van der Waals surface area contributed by atoms with E-state index in [1.807, 2.05) is 6.92 Å². The molecule has 90 valence electrons. The highest BCUT2D eigenvalue weighted by Gasteiger charge is 2.18. The largest absolute Gasteiger partial charge is 0.374 e. The Kier molecular flexibility index (Phi) is 5.90. The first kappa shape index (κ1) is 13.2. The molecule has 4 heteroatoms. The normalized spacial score (nSPS) is 25.8. The van der Waals surface area contributed by atoms with Crippen molar-refractivity contribution in [3.05, 3.63) is 0 Å². The van der Waals surface area contributed by atoms with Crippen LogP contribution in [0.5, 0.6) is 0 Å². The summed E-state index contributed by atoms with van der Waals surface area (Å²) >= 11 is 5.92. The SMILES string of the molecule is CC(Cl)CCN(C)CC1CN(C)CCO1. The fraction of sp³-hybridized carbons (Fsp3) is 1.00. The second-order valence-electron chi connectivity index (χ2n) is 4.59. The van der Waals surface area contributed by atoms with Gasteiger partial charge in [0.05, 0.1) is 12.7 Å². The lowest BCUT2D eigenvalue weighted by Gasteiger charge is -2.32. The number of ether oxygens (including phenoxy) is 1. The van der Waals surface area contributed by atoms with Gasteiger partial charge in [0.15, 0.2) is 0 Å². The van der Waals surface area contributed by atoms with E-state index >= 15 is 0 Å². The summed E-state index contributed by atoms with van der Waals surface area (Å²) in [4.78, 5) is 4.63. The van der Waals surface area contributed by atoms with E-state index in [4.69, 9.17) is 16.3 Å². The molecule has 0 aromatic rings. The smallest absolute Gasteiger partial charge is 0.0829 e. The molecule has 15 heavy (non-hydrogen) atoms. The van der Waals surface area contributed by atoms with Crippen LogP contribution in [0.15, 0.2) is 0 Å². The van der Waals surface area contributed by atoms with Crippen LogP contribution in [0.3, 0.4) is 0 Å². The number of rotatable bonds is 5. The van der Waals surface area contributed by atoms with Gasteiger partial charge in [0.2, 0.25) is 0 Å². The third kappa shape index (κ3) is 5.71.